The van der Waals surface area contributed by atoms with Crippen molar-refractivity contribution >= 4 is 0 Å². The maximum absolute atomic E-state index is 11.4. The standard InChI is InChI=1S/C10H8N2O4/c13-7-3-1-2-5(8(7)14)6-4-11-10(16)12-9(6)15/h1-4,13-14H,(H2,11,12,15,16). The van der Waals surface area contributed by atoms with Crippen molar-refractivity contribution in [1.82, 2.24) is 9.97 Å². The maximum Gasteiger partial charge on any atom is 0.325 e. The maximum atomic E-state index is 11.4. The van der Waals surface area contributed by atoms with Gasteiger partial charge in [-0.15, -0.1) is 0 Å². The first-order chi connectivity index (χ1) is 7.59. The quantitative estimate of drug-likeness (QED) is 0.513. The van der Waals surface area contributed by atoms with Gasteiger partial charge in [-0.1, -0.05) is 12.1 Å². The fourth-order valence-corrected chi connectivity index (χ4v) is 1.36. The van der Waals surface area contributed by atoms with E-state index in [1.165, 1.54) is 24.4 Å². The molecule has 0 aliphatic carbocycles. The van der Waals surface area contributed by atoms with Gasteiger partial charge < -0.3 is 15.2 Å². The Labute approximate surface area is 88.8 Å². The second-order valence-electron chi connectivity index (χ2n) is 3.16. The number of hydrogen-bond donors (Lipinski definition) is 4. The number of benzene rings is 1. The molecule has 4 N–H and O–H groups in total. The molecule has 0 atom stereocenters. The fraction of sp³-hybridized carbons (Fsp3) is 0. The minimum atomic E-state index is -0.635. The highest BCUT2D eigenvalue weighted by Crippen LogP contribution is 2.33. The predicted octanol–water partition coefficient (Wildman–Crippen LogP) is 0.141. The monoisotopic (exact) mass is 220 g/mol. The first-order valence-corrected chi connectivity index (χ1v) is 4.43. The Bertz CT molecular complexity index is 642. The lowest BCUT2D eigenvalue weighted by Crippen LogP contribution is -2.22. The Morgan fingerprint density at radius 2 is 1.81 bits per heavy atom. The Morgan fingerprint density at radius 3 is 2.50 bits per heavy atom. The Hall–Kier alpha value is -2.50. The number of rotatable bonds is 1. The highest BCUT2D eigenvalue weighted by molar-refractivity contribution is 5.71. The van der Waals surface area contributed by atoms with E-state index in [4.69, 9.17) is 0 Å². The van der Waals surface area contributed by atoms with Gasteiger partial charge in [0, 0.05) is 11.8 Å². The number of phenolic OH excluding ortho intramolecular Hbond substituents is 2. The summed E-state index contributed by atoms with van der Waals surface area (Å²) >= 11 is 0. The van der Waals surface area contributed by atoms with Crippen LogP contribution in [-0.2, 0) is 0 Å². The molecule has 0 bridgehead atoms. The van der Waals surface area contributed by atoms with Crippen LogP contribution >= 0.6 is 0 Å². The molecule has 1 heterocycles. The van der Waals surface area contributed by atoms with Crippen LogP contribution in [0.2, 0.25) is 0 Å². The van der Waals surface area contributed by atoms with E-state index in [0.29, 0.717) is 0 Å². The molecule has 0 saturated heterocycles. The fourth-order valence-electron chi connectivity index (χ4n) is 1.36. The van der Waals surface area contributed by atoms with Gasteiger partial charge in [-0.2, -0.15) is 0 Å². The second-order valence-corrected chi connectivity index (χ2v) is 3.16. The van der Waals surface area contributed by atoms with E-state index in [1.807, 2.05) is 4.98 Å². The number of H-pyrrole nitrogens is 2. The number of aromatic nitrogens is 2. The topological polar surface area (TPSA) is 106 Å². The van der Waals surface area contributed by atoms with Crippen LogP contribution in [0, 0.1) is 0 Å². The molecule has 1 aromatic carbocycles. The molecule has 6 nitrogen and oxygen atoms in total. The average Bonchev–Trinajstić information content (AvgIpc) is 2.23. The molecule has 0 radical (unpaired) electrons. The van der Waals surface area contributed by atoms with Gasteiger partial charge in [0.25, 0.3) is 5.56 Å². The van der Waals surface area contributed by atoms with Gasteiger partial charge >= 0.3 is 5.69 Å². The van der Waals surface area contributed by atoms with E-state index in [9.17, 15) is 19.8 Å². The Balaban J connectivity index is 2.73. The molecule has 0 aliphatic heterocycles. The second kappa shape index (κ2) is 3.58. The summed E-state index contributed by atoms with van der Waals surface area (Å²) in [6.45, 7) is 0. The lowest BCUT2D eigenvalue weighted by atomic mass is 10.1. The van der Waals surface area contributed by atoms with Gasteiger partial charge in [-0.25, -0.2) is 4.79 Å². The summed E-state index contributed by atoms with van der Waals surface area (Å²) in [6.07, 6.45) is 1.18. The number of phenols is 2. The molecule has 0 saturated carbocycles. The van der Waals surface area contributed by atoms with E-state index in [-0.39, 0.29) is 16.9 Å². The number of aromatic amines is 2. The van der Waals surface area contributed by atoms with Crippen molar-refractivity contribution in [2.45, 2.75) is 0 Å². The van der Waals surface area contributed by atoms with Gasteiger partial charge in [0.2, 0.25) is 0 Å². The van der Waals surface area contributed by atoms with Crippen LogP contribution < -0.4 is 11.2 Å². The third kappa shape index (κ3) is 1.56. The SMILES string of the molecule is O=c1[nH]cc(-c2cccc(O)c2O)c(=O)[nH]1. The Kier molecular flexibility index (Phi) is 2.24. The molecule has 2 rings (SSSR count). The zero-order valence-corrected chi connectivity index (χ0v) is 8.02. The molecule has 0 unspecified atom stereocenters. The lowest BCUT2D eigenvalue weighted by molar-refractivity contribution is 0.405. The van der Waals surface area contributed by atoms with E-state index in [0.717, 1.165) is 0 Å². The van der Waals surface area contributed by atoms with Gasteiger partial charge in [-0.3, -0.25) is 9.78 Å². The zero-order valence-electron chi connectivity index (χ0n) is 8.02. The summed E-state index contributed by atoms with van der Waals surface area (Å²) in [6, 6.07) is 4.23. The summed E-state index contributed by atoms with van der Waals surface area (Å²) in [5, 5.41) is 18.8. The first-order valence-electron chi connectivity index (χ1n) is 4.43. The summed E-state index contributed by atoms with van der Waals surface area (Å²) in [5.41, 5.74) is -1.04. The van der Waals surface area contributed by atoms with E-state index >= 15 is 0 Å². The van der Waals surface area contributed by atoms with Crippen LogP contribution in [0.1, 0.15) is 0 Å². The molecular weight excluding hydrogens is 212 g/mol. The number of hydrogen-bond acceptors (Lipinski definition) is 4. The van der Waals surface area contributed by atoms with Crippen molar-refractivity contribution in [3.8, 4) is 22.6 Å². The van der Waals surface area contributed by atoms with Gasteiger partial charge in [-0.05, 0) is 6.07 Å². The van der Waals surface area contributed by atoms with Crippen LogP contribution in [0.3, 0.4) is 0 Å². The van der Waals surface area contributed by atoms with Crippen LogP contribution in [0.4, 0.5) is 0 Å². The average molecular weight is 220 g/mol. The number of aromatic hydroxyl groups is 2. The van der Waals surface area contributed by atoms with Crippen molar-refractivity contribution in [1.29, 1.82) is 0 Å². The van der Waals surface area contributed by atoms with Crippen molar-refractivity contribution < 1.29 is 10.2 Å². The third-order valence-electron chi connectivity index (χ3n) is 2.12. The molecule has 82 valence electrons. The van der Waals surface area contributed by atoms with E-state index in [2.05, 4.69) is 4.98 Å². The smallest absolute Gasteiger partial charge is 0.325 e. The molecule has 6 heteroatoms. The minimum absolute atomic E-state index is 0.0769. The van der Waals surface area contributed by atoms with Crippen molar-refractivity contribution in [2.75, 3.05) is 0 Å². The van der Waals surface area contributed by atoms with Crippen LogP contribution in [0.25, 0.3) is 11.1 Å². The molecule has 0 spiro atoms. The van der Waals surface area contributed by atoms with Crippen molar-refractivity contribution in [3.63, 3.8) is 0 Å². The molecule has 0 amide bonds. The molecule has 0 aliphatic rings. The molecule has 0 fully saturated rings. The highest BCUT2D eigenvalue weighted by atomic mass is 16.3. The summed E-state index contributed by atoms with van der Waals surface area (Å²) in [5.74, 6) is -0.733. The molecule has 2 aromatic rings. The Morgan fingerprint density at radius 1 is 1.06 bits per heavy atom. The number of nitrogens with one attached hydrogen (secondary N) is 2. The van der Waals surface area contributed by atoms with Crippen LogP contribution in [0.5, 0.6) is 11.5 Å². The van der Waals surface area contributed by atoms with Gasteiger partial charge in [0.15, 0.2) is 11.5 Å². The van der Waals surface area contributed by atoms with E-state index in [1.54, 1.807) is 0 Å². The molecule has 1 aromatic heterocycles. The van der Waals surface area contributed by atoms with E-state index < -0.39 is 17.0 Å². The lowest BCUT2D eigenvalue weighted by Gasteiger charge is -2.04. The van der Waals surface area contributed by atoms with Crippen LogP contribution in [-0.4, -0.2) is 20.2 Å². The first kappa shape index (κ1) is 10.0. The summed E-state index contributed by atoms with van der Waals surface area (Å²) in [7, 11) is 0. The van der Waals surface area contributed by atoms with Crippen molar-refractivity contribution in [2.24, 2.45) is 0 Å². The largest absolute Gasteiger partial charge is 0.504 e. The zero-order chi connectivity index (χ0) is 11.7. The van der Waals surface area contributed by atoms with Crippen LogP contribution in [0.15, 0.2) is 34.0 Å². The van der Waals surface area contributed by atoms with Crippen molar-refractivity contribution in [3.05, 3.63) is 45.2 Å². The molecular formula is C10H8N2O4. The summed E-state index contributed by atoms with van der Waals surface area (Å²) < 4.78 is 0. The number of para-hydroxylation sites is 1. The predicted molar refractivity (Wildman–Crippen MR) is 56.4 cm³/mol. The molecule has 16 heavy (non-hydrogen) atoms. The minimum Gasteiger partial charge on any atom is -0.504 e. The highest BCUT2D eigenvalue weighted by Gasteiger charge is 2.11. The summed E-state index contributed by atoms with van der Waals surface area (Å²) in [4.78, 5) is 26.5. The van der Waals surface area contributed by atoms with Gasteiger partial charge in [0.05, 0.1) is 5.56 Å². The van der Waals surface area contributed by atoms with Gasteiger partial charge in [0.1, 0.15) is 0 Å². The normalized spacial score (nSPS) is 10.2. The third-order valence-corrected chi connectivity index (χ3v) is 2.12.